The van der Waals surface area contributed by atoms with Crippen LogP contribution >= 0.6 is 0 Å². The first-order chi connectivity index (χ1) is 11.4. The predicted octanol–water partition coefficient (Wildman–Crippen LogP) is 4.40. The molecule has 0 bridgehead atoms. The molecular weight excluding hydrogens is 309 g/mol. The lowest BCUT2D eigenvalue weighted by atomic mass is 10.0. The van der Waals surface area contributed by atoms with Gasteiger partial charge in [0.2, 0.25) is 0 Å². The third-order valence-corrected chi connectivity index (χ3v) is 4.32. The van der Waals surface area contributed by atoms with Crippen LogP contribution in [0.25, 0.3) is 33.1 Å². The van der Waals surface area contributed by atoms with Gasteiger partial charge >= 0.3 is 5.63 Å². The number of benzene rings is 2. The van der Waals surface area contributed by atoms with E-state index in [1.54, 1.807) is 19.1 Å². The van der Waals surface area contributed by atoms with Crippen LogP contribution in [0.1, 0.15) is 11.1 Å². The first-order valence-electron chi connectivity index (χ1n) is 7.50. The summed E-state index contributed by atoms with van der Waals surface area (Å²) in [6.45, 7) is 3.52. The lowest BCUT2D eigenvalue weighted by molar-refractivity contribution is 0.470. The van der Waals surface area contributed by atoms with Gasteiger partial charge in [-0.2, -0.15) is 0 Å². The Hall–Kier alpha value is -3.08. The number of hydrogen-bond donors (Lipinski definition) is 2. The molecule has 24 heavy (non-hydrogen) atoms. The first kappa shape index (κ1) is 14.5. The van der Waals surface area contributed by atoms with Gasteiger partial charge in [0.25, 0.3) is 0 Å². The van der Waals surface area contributed by atoms with E-state index in [0.717, 1.165) is 16.3 Å². The molecule has 4 rings (SSSR count). The van der Waals surface area contributed by atoms with E-state index in [9.17, 15) is 14.3 Å². The van der Waals surface area contributed by atoms with Crippen LogP contribution in [-0.2, 0) is 0 Å². The Kier molecular flexibility index (Phi) is 3.00. The van der Waals surface area contributed by atoms with Crippen molar-refractivity contribution in [3.8, 4) is 17.0 Å². The minimum Gasteiger partial charge on any atom is -0.507 e. The normalized spacial score (nSPS) is 11.5. The van der Waals surface area contributed by atoms with E-state index in [2.05, 4.69) is 4.98 Å². The lowest BCUT2D eigenvalue weighted by Crippen LogP contribution is -1.99. The number of aromatic hydroxyl groups is 1. The zero-order valence-electron chi connectivity index (χ0n) is 13.1. The summed E-state index contributed by atoms with van der Waals surface area (Å²) in [5.74, 6) is -0.296. The second kappa shape index (κ2) is 4.96. The van der Waals surface area contributed by atoms with Gasteiger partial charge in [0, 0.05) is 33.5 Å². The Balaban J connectivity index is 2.05. The fourth-order valence-corrected chi connectivity index (χ4v) is 3.05. The molecule has 0 saturated heterocycles. The van der Waals surface area contributed by atoms with Crippen molar-refractivity contribution >= 4 is 21.9 Å². The summed E-state index contributed by atoms with van der Waals surface area (Å²) >= 11 is 0. The topological polar surface area (TPSA) is 66.2 Å². The number of phenols is 1. The van der Waals surface area contributed by atoms with Gasteiger partial charge in [-0.15, -0.1) is 0 Å². The number of hydrogen-bond acceptors (Lipinski definition) is 3. The van der Waals surface area contributed by atoms with E-state index in [1.165, 1.54) is 18.2 Å². The Morgan fingerprint density at radius 3 is 2.71 bits per heavy atom. The number of aryl methyl sites for hydroxylation is 2. The standard InChI is InChI=1S/C19H14FNO3/c1-9-5-17(22)24-19-10(2)18(23)14(8-13(9)19)16-6-11-3-4-12(20)7-15(11)21-16/h3-8,21,23H,1-2H3. The molecule has 0 unspecified atom stereocenters. The van der Waals surface area contributed by atoms with Gasteiger partial charge in [-0.25, -0.2) is 9.18 Å². The SMILES string of the molecule is Cc1cc(=O)oc2c(C)c(O)c(-c3cc4ccc(F)cc4[nH]3)cc12. The van der Waals surface area contributed by atoms with Gasteiger partial charge in [0.05, 0.1) is 5.69 Å². The third kappa shape index (κ3) is 2.09. The highest BCUT2D eigenvalue weighted by molar-refractivity contribution is 5.94. The number of nitrogens with one attached hydrogen (secondary N) is 1. The zero-order chi connectivity index (χ0) is 17.0. The molecule has 0 radical (unpaired) electrons. The second-order valence-corrected chi connectivity index (χ2v) is 5.94. The van der Waals surface area contributed by atoms with Gasteiger partial charge in [0.1, 0.15) is 17.1 Å². The highest BCUT2D eigenvalue weighted by atomic mass is 19.1. The van der Waals surface area contributed by atoms with Crippen LogP contribution in [0, 0.1) is 19.7 Å². The van der Waals surface area contributed by atoms with Crippen LogP contribution in [0.2, 0.25) is 0 Å². The van der Waals surface area contributed by atoms with Crippen LogP contribution in [0.4, 0.5) is 4.39 Å². The van der Waals surface area contributed by atoms with Crippen molar-refractivity contribution in [2.45, 2.75) is 13.8 Å². The molecule has 0 atom stereocenters. The Labute approximate surface area is 136 Å². The molecule has 4 nitrogen and oxygen atoms in total. The average Bonchev–Trinajstić information content (AvgIpc) is 2.94. The van der Waals surface area contributed by atoms with Crippen molar-refractivity contribution in [3.63, 3.8) is 0 Å². The Morgan fingerprint density at radius 2 is 1.92 bits per heavy atom. The molecule has 0 aliphatic rings. The maximum absolute atomic E-state index is 13.4. The summed E-state index contributed by atoms with van der Waals surface area (Å²) in [6.07, 6.45) is 0. The van der Waals surface area contributed by atoms with Gasteiger partial charge in [-0.1, -0.05) is 0 Å². The van der Waals surface area contributed by atoms with Gasteiger partial charge in [0.15, 0.2) is 0 Å². The van der Waals surface area contributed by atoms with Crippen molar-refractivity contribution in [2.24, 2.45) is 0 Å². The summed E-state index contributed by atoms with van der Waals surface area (Å²) in [7, 11) is 0. The molecule has 0 spiro atoms. The molecule has 5 heteroatoms. The number of aromatic nitrogens is 1. The monoisotopic (exact) mass is 323 g/mol. The molecule has 2 aromatic carbocycles. The maximum Gasteiger partial charge on any atom is 0.336 e. The van der Waals surface area contributed by atoms with E-state index in [-0.39, 0.29) is 11.6 Å². The molecule has 0 aliphatic carbocycles. The molecule has 0 saturated carbocycles. The summed E-state index contributed by atoms with van der Waals surface area (Å²) in [4.78, 5) is 14.7. The fraction of sp³-hybridized carbons (Fsp3) is 0.105. The quantitative estimate of drug-likeness (QED) is 0.510. The third-order valence-electron chi connectivity index (χ3n) is 4.32. The van der Waals surface area contributed by atoms with Crippen molar-refractivity contribution < 1.29 is 13.9 Å². The van der Waals surface area contributed by atoms with Crippen LogP contribution in [-0.4, -0.2) is 10.1 Å². The molecular formula is C19H14FNO3. The Morgan fingerprint density at radius 1 is 1.12 bits per heavy atom. The van der Waals surface area contributed by atoms with E-state index >= 15 is 0 Å². The van der Waals surface area contributed by atoms with Crippen LogP contribution in [0.5, 0.6) is 5.75 Å². The molecule has 2 aromatic heterocycles. The molecule has 0 aliphatic heterocycles. The molecule has 2 N–H and O–H groups in total. The minimum atomic E-state index is -0.448. The van der Waals surface area contributed by atoms with Crippen LogP contribution in [0.15, 0.2) is 45.6 Å². The smallest absolute Gasteiger partial charge is 0.336 e. The largest absolute Gasteiger partial charge is 0.507 e. The van der Waals surface area contributed by atoms with Gasteiger partial charge in [-0.3, -0.25) is 0 Å². The molecule has 2 heterocycles. The molecule has 4 aromatic rings. The highest BCUT2D eigenvalue weighted by Gasteiger charge is 2.16. The number of fused-ring (bicyclic) bond motifs is 2. The summed E-state index contributed by atoms with van der Waals surface area (Å²) in [6, 6.07) is 9.53. The van der Waals surface area contributed by atoms with Crippen molar-refractivity contribution in [1.82, 2.24) is 4.98 Å². The zero-order valence-corrected chi connectivity index (χ0v) is 13.1. The van der Waals surface area contributed by atoms with Crippen LogP contribution in [0.3, 0.4) is 0 Å². The molecule has 0 fully saturated rings. The Bertz CT molecular complexity index is 1170. The molecule has 120 valence electrons. The first-order valence-corrected chi connectivity index (χ1v) is 7.50. The van der Waals surface area contributed by atoms with Crippen molar-refractivity contribution in [3.05, 3.63) is 63.8 Å². The lowest BCUT2D eigenvalue weighted by Gasteiger charge is -2.10. The van der Waals surface area contributed by atoms with E-state index in [0.29, 0.717) is 27.9 Å². The number of phenolic OH excluding ortho intramolecular Hbond substituents is 1. The highest BCUT2D eigenvalue weighted by Crippen LogP contribution is 2.38. The number of rotatable bonds is 1. The van der Waals surface area contributed by atoms with Crippen molar-refractivity contribution in [1.29, 1.82) is 0 Å². The minimum absolute atomic E-state index is 0.0308. The summed E-state index contributed by atoms with van der Waals surface area (Å²) in [5.41, 5.74) is 3.09. The van der Waals surface area contributed by atoms with Gasteiger partial charge in [-0.05, 0) is 49.7 Å². The second-order valence-electron chi connectivity index (χ2n) is 5.94. The summed E-state index contributed by atoms with van der Waals surface area (Å²) in [5, 5.41) is 12.2. The number of halogens is 1. The van der Waals surface area contributed by atoms with E-state index < -0.39 is 5.63 Å². The van der Waals surface area contributed by atoms with E-state index in [1.807, 2.05) is 13.0 Å². The molecule has 0 amide bonds. The maximum atomic E-state index is 13.4. The fourth-order valence-electron chi connectivity index (χ4n) is 3.05. The number of H-pyrrole nitrogens is 1. The average molecular weight is 323 g/mol. The van der Waals surface area contributed by atoms with Crippen LogP contribution < -0.4 is 5.63 Å². The van der Waals surface area contributed by atoms with E-state index in [4.69, 9.17) is 4.42 Å². The summed E-state index contributed by atoms with van der Waals surface area (Å²) < 4.78 is 18.6. The number of aromatic amines is 1. The van der Waals surface area contributed by atoms with Crippen molar-refractivity contribution in [2.75, 3.05) is 0 Å². The van der Waals surface area contributed by atoms with Gasteiger partial charge < -0.3 is 14.5 Å². The predicted molar refractivity (Wildman–Crippen MR) is 90.9 cm³/mol.